The van der Waals surface area contributed by atoms with E-state index in [-0.39, 0.29) is 16.1 Å². The van der Waals surface area contributed by atoms with Gasteiger partial charge in [0.15, 0.2) is 12.0 Å². The molecule has 2 aromatic rings. The number of anilines is 1. The van der Waals surface area contributed by atoms with Crippen molar-refractivity contribution in [2.45, 2.75) is 88.8 Å². The van der Waals surface area contributed by atoms with Gasteiger partial charge in [-0.15, -0.1) is 0 Å². The molecule has 0 aliphatic carbocycles. The molecule has 5 atom stereocenters. The van der Waals surface area contributed by atoms with Crippen LogP contribution in [-0.4, -0.2) is 57.5 Å². The molecule has 1 unspecified atom stereocenters. The molecule has 2 aromatic heterocycles. The number of fused-ring (bicyclic) bond motifs is 2. The highest BCUT2D eigenvalue weighted by atomic mass is 35.5. The van der Waals surface area contributed by atoms with Crippen LogP contribution in [0.3, 0.4) is 0 Å². The Morgan fingerprint density at radius 3 is 2.50 bits per heavy atom. The summed E-state index contributed by atoms with van der Waals surface area (Å²) in [5.74, 6) is -0.694. The maximum absolute atomic E-state index is 11.5. The Labute approximate surface area is 182 Å². The van der Waals surface area contributed by atoms with Crippen LogP contribution in [0.1, 0.15) is 40.8 Å². The number of nitrogens with zero attached hydrogens (tertiary/aromatic N) is 3. The van der Waals surface area contributed by atoms with Crippen LogP contribution >= 0.6 is 11.6 Å². The number of ether oxygens (including phenoxy) is 3. The lowest BCUT2D eigenvalue weighted by Crippen LogP contribution is -2.57. The largest absolute Gasteiger partial charge is 0.394 e. The predicted molar refractivity (Wildman–Crippen MR) is 118 cm³/mol. The zero-order chi connectivity index (χ0) is 22.2. The third kappa shape index (κ3) is 3.36. The molecule has 0 radical (unpaired) electrons. The van der Waals surface area contributed by atoms with Crippen LogP contribution in [0.25, 0.3) is 11.0 Å². The third-order valence-electron chi connectivity index (χ3n) is 6.87. The minimum atomic E-state index is -2.15. The molecule has 0 spiro atoms. The lowest BCUT2D eigenvalue weighted by molar-refractivity contribution is -0.202. The van der Waals surface area contributed by atoms with Crippen LogP contribution in [0.5, 0.6) is 0 Å². The zero-order valence-electron chi connectivity index (χ0n) is 18.5. The summed E-state index contributed by atoms with van der Waals surface area (Å²) in [5.41, 5.74) is 5.75. The molecule has 2 aliphatic heterocycles. The summed E-state index contributed by atoms with van der Waals surface area (Å²) < 4.78 is 20.7. The number of nitrogens with two attached hydrogens (primary N) is 1. The van der Waals surface area contributed by atoms with Crippen LogP contribution in [0, 0.1) is 0 Å². The van der Waals surface area contributed by atoms with Crippen LogP contribution in [0.15, 0.2) is 12.3 Å². The summed E-state index contributed by atoms with van der Waals surface area (Å²) in [7, 11) is -2.15. The van der Waals surface area contributed by atoms with Crippen molar-refractivity contribution >= 4 is 36.7 Å². The third-order valence-corrected chi connectivity index (χ3v) is 12.8. The van der Waals surface area contributed by atoms with E-state index in [9.17, 15) is 5.11 Å². The number of rotatable bonds is 3. The SMILES string of the molecule is CC1(C)O[C@@H]2[C@H](O1)[C@@H](C(O)[Si](C)(C)C(C)(C)C)O[C@H]2n1ccc2c(Cl)nc(N)nc21. The lowest BCUT2D eigenvalue weighted by Gasteiger charge is -2.43. The van der Waals surface area contributed by atoms with Crippen molar-refractivity contribution in [1.29, 1.82) is 0 Å². The molecular formula is C20H31ClN4O4Si. The van der Waals surface area contributed by atoms with E-state index in [1.807, 2.05) is 30.7 Å². The smallest absolute Gasteiger partial charge is 0.223 e. The van der Waals surface area contributed by atoms with Gasteiger partial charge in [0, 0.05) is 6.20 Å². The van der Waals surface area contributed by atoms with Crippen molar-refractivity contribution in [3.63, 3.8) is 0 Å². The zero-order valence-corrected chi connectivity index (χ0v) is 20.3. The number of halogens is 1. The van der Waals surface area contributed by atoms with Crippen molar-refractivity contribution in [3.8, 4) is 0 Å². The molecule has 2 fully saturated rings. The Morgan fingerprint density at radius 2 is 1.87 bits per heavy atom. The number of nitrogen functional groups attached to an aromatic ring is 1. The standard InChI is InChI=1S/C20H31ClN4O4Si/c1-19(2,3)30(6,7)17(26)13-11-12(29-20(4,5)28-11)16(27-13)25-9-8-10-14(21)23-18(22)24-15(10)25/h8-9,11-13,16-17,26H,1-7H3,(H2,22,23,24)/t11-,12+,13-,16+,17?/m0/s1. The van der Waals surface area contributed by atoms with E-state index in [2.05, 4.69) is 43.8 Å². The average molecular weight is 455 g/mol. The molecule has 2 saturated heterocycles. The van der Waals surface area contributed by atoms with Crippen molar-refractivity contribution in [2.75, 3.05) is 5.73 Å². The van der Waals surface area contributed by atoms with Crippen LogP contribution in [0.4, 0.5) is 5.95 Å². The molecule has 0 bridgehead atoms. The van der Waals surface area contributed by atoms with Gasteiger partial charge in [0.05, 0.1) is 19.2 Å². The Kier molecular flexibility index (Phi) is 5.04. The minimum absolute atomic E-state index is 0.0202. The van der Waals surface area contributed by atoms with E-state index in [1.54, 1.807) is 0 Å². The van der Waals surface area contributed by atoms with E-state index in [0.717, 1.165) is 0 Å². The Morgan fingerprint density at radius 1 is 1.23 bits per heavy atom. The topological polar surface area (TPSA) is 105 Å². The van der Waals surface area contributed by atoms with Crippen LogP contribution in [-0.2, 0) is 14.2 Å². The summed E-state index contributed by atoms with van der Waals surface area (Å²) in [4.78, 5) is 8.39. The fourth-order valence-electron chi connectivity index (χ4n) is 4.16. The summed E-state index contributed by atoms with van der Waals surface area (Å²) in [6, 6.07) is 1.83. The minimum Gasteiger partial charge on any atom is -0.394 e. The highest BCUT2D eigenvalue weighted by molar-refractivity contribution is 6.81. The van der Waals surface area contributed by atoms with E-state index >= 15 is 0 Å². The molecule has 0 saturated carbocycles. The Balaban J connectivity index is 1.76. The molecule has 4 heterocycles. The number of hydrogen-bond acceptors (Lipinski definition) is 7. The summed E-state index contributed by atoms with van der Waals surface area (Å²) >= 11 is 6.25. The van der Waals surface area contributed by atoms with E-state index in [1.165, 1.54) is 0 Å². The molecule has 8 nitrogen and oxygen atoms in total. The number of hydrogen-bond donors (Lipinski definition) is 2. The first-order valence-corrected chi connectivity index (χ1v) is 13.7. The molecule has 166 valence electrons. The van der Waals surface area contributed by atoms with Gasteiger partial charge in [-0.05, 0) is 25.0 Å². The van der Waals surface area contributed by atoms with Gasteiger partial charge in [0.1, 0.15) is 29.1 Å². The van der Waals surface area contributed by atoms with E-state index in [0.29, 0.717) is 11.0 Å². The van der Waals surface area contributed by atoms with E-state index in [4.69, 9.17) is 31.5 Å². The molecule has 0 amide bonds. The molecule has 10 heteroatoms. The maximum atomic E-state index is 11.5. The fourth-order valence-corrected chi connectivity index (χ4v) is 6.37. The van der Waals surface area contributed by atoms with Crippen LogP contribution in [0.2, 0.25) is 23.3 Å². The van der Waals surface area contributed by atoms with Gasteiger partial charge in [0.25, 0.3) is 0 Å². The van der Waals surface area contributed by atoms with Crippen LogP contribution < -0.4 is 5.73 Å². The average Bonchev–Trinajstić information content (AvgIpc) is 3.23. The monoisotopic (exact) mass is 454 g/mol. The normalized spacial score (nSPS) is 30.0. The highest BCUT2D eigenvalue weighted by Gasteiger charge is 2.60. The lowest BCUT2D eigenvalue weighted by atomic mass is 10.1. The molecule has 2 aliphatic rings. The van der Waals surface area contributed by atoms with Gasteiger partial charge in [-0.2, -0.15) is 4.98 Å². The fraction of sp³-hybridized carbons (Fsp3) is 0.700. The molecular weight excluding hydrogens is 424 g/mol. The van der Waals surface area contributed by atoms with Gasteiger partial charge in [-0.25, -0.2) is 4.98 Å². The van der Waals surface area contributed by atoms with Crippen molar-refractivity contribution in [3.05, 3.63) is 17.4 Å². The second-order valence-electron chi connectivity index (χ2n) is 10.3. The Bertz CT molecular complexity index is 974. The number of aliphatic hydroxyl groups is 1. The summed E-state index contributed by atoms with van der Waals surface area (Å²) in [6.45, 7) is 14.6. The predicted octanol–water partition coefficient (Wildman–Crippen LogP) is 3.49. The first-order valence-electron chi connectivity index (χ1n) is 10.2. The second kappa shape index (κ2) is 6.88. The quantitative estimate of drug-likeness (QED) is 0.540. The maximum Gasteiger partial charge on any atom is 0.223 e. The van der Waals surface area contributed by atoms with Gasteiger partial charge in [-0.1, -0.05) is 45.5 Å². The number of aromatic nitrogens is 3. The number of aliphatic hydroxyl groups excluding tert-OH is 1. The highest BCUT2D eigenvalue weighted by Crippen LogP contribution is 2.48. The van der Waals surface area contributed by atoms with Gasteiger partial charge in [-0.3, -0.25) is 0 Å². The van der Waals surface area contributed by atoms with Gasteiger partial charge >= 0.3 is 0 Å². The first kappa shape index (κ1) is 22.0. The van der Waals surface area contributed by atoms with E-state index < -0.39 is 44.1 Å². The molecule has 30 heavy (non-hydrogen) atoms. The van der Waals surface area contributed by atoms with Gasteiger partial charge < -0.3 is 29.6 Å². The first-order chi connectivity index (χ1) is 13.7. The molecule has 3 N–H and O–H groups in total. The van der Waals surface area contributed by atoms with Crippen molar-refractivity contribution in [2.24, 2.45) is 0 Å². The summed E-state index contributed by atoms with van der Waals surface area (Å²) in [6.07, 6.45) is -0.0302. The summed E-state index contributed by atoms with van der Waals surface area (Å²) in [5, 5.41) is 12.4. The van der Waals surface area contributed by atoms with Gasteiger partial charge in [0.2, 0.25) is 5.95 Å². The Hall–Kier alpha value is -1.23. The van der Waals surface area contributed by atoms with Crippen molar-refractivity contribution < 1.29 is 19.3 Å². The molecule has 0 aromatic carbocycles. The second-order valence-corrected chi connectivity index (χ2v) is 16.2. The van der Waals surface area contributed by atoms with Crippen molar-refractivity contribution in [1.82, 2.24) is 14.5 Å². The molecule has 4 rings (SSSR count).